The first kappa shape index (κ1) is 16.0. The molecule has 1 amide bonds. The van der Waals surface area contributed by atoms with Crippen molar-refractivity contribution in [1.82, 2.24) is 4.90 Å². The topological polar surface area (TPSA) is 66.8 Å². The fourth-order valence-electron chi connectivity index (χ4n) is 2.17. The normalized spacial score (nSPS) is 13.3. The summed E-state index contributed by atoms with van der Waals surface area (Å²) in [5.74, 6) is -0.590. The molecule has 1 aromatic rings. The minimum Gasteiger partial charge on any atom is -0.493 e. The summed E-state index contributed by atoms with van der Waals surface area (Å²) < 4.78 is 5.50. The Balaban J connectivity index is 3.39. The molecule has 1 N–H and O–H groups in total. The molecule has 0 aliphatic heterocycles. The van der Waals surface area contributed by atoms with E-state index in [1.807, 2.05) is 13.8 Å². The second-order valence-corrected chi connectivity index (χ2v) is 4.61. The molecule has 1 rings (SSSR count). The maximum absolute atomic E-state index is 11.8. The van der Waals surface area contributed by atoms with E-state index in [-0.39, 0.29) is 0 Å². The first-order chi connectivity index (χ1) is 9.52. The van der Waals surface area contributed by atoms with Crippen LogP contribution in [0.15, 0.2) is 24.3 Å². The number of rotatable bonds is 8. The molecule has 0 heterocycles. The summed E-state index contributed by atoms with van der Waals surface area (Å²) in [5.41, 5.74) is -0.960. The Morgan fingerprint density at radius 1 is 1.40 bits per heavy atom. The van der Waals surface area contributed by atoms with Crippen LogP contribution in [0.25, 0.3) is 0 Å². The molecule has 0 saturated heterocycles. The van der Waals surface area contributed by atoms with Crippen molar-refractivity contribution < 1.29 is 19.4 Å². The fourth-order valence-corrected chi connectivity index (χ4v) is 2.17. The molecule has 5 nitrogen and oxygen atoms in total. The van der Waals surface area contributed by atoms with Crippen molar-refractivity contribution in [3.05, 3.63) is 29.8 Å². The van der Waals surface area contributed by atoms with Gasteiger partial charge in [0.05, 0.1) is 6.61 Å². The minimum atomic E-state index is -1.44. The Morgan fingerprint density at radius 3 is 2.55 bits per heavy atom. The average Bonchev–Trinajstić information content (AvgIpc) is 2.44. The van der Waals surface area contributed by atoms with Crippen molar-refractivity contribution in [2.24, 2.45) is 0 Å². The summed E-state index contributed by atoms with van der Waals surface area (Å²) >= 11 is 0. The summed E-state index contributed by atoms with van der Waals surface area (Å²) in [6, 6.07) is 6.93. The fraction of sp³-hybridized carbons (Fsp3) is 0.467. The summed E-state index contributed by atoms with van der Waals surface area (Å²) in [6.07, 6.45) is 1.26. The number of hydrogen-bond acceptors (Lipinski definition) is 3. The number of para-hydroxylation sites is 1. The maximum atomic E-state index is 11.8. The van der Waals surface area contributed by atoms with Gasteiger partial charge in [-0.1, -0.05) is 25.1 Å². The van der Waals surface area contributed by atoms with Crippen molar-refractivity contribution >= 4 is 12.4 Å². The predicted molar refractivity (Wildman–Crippen MR) is 75.7 cm³/mol. The Bertz CT molecular complexity index is 475. The second kappa shape index (κ2) is 6.93. The van der Waals surface area contributed by atoms with Gasteiger partial charge in [-0.2, -0.15) is 0 Å². The predicted octanol–water partition coefficient (Wildman–Crippen LogP) is 2.25. The molecule has 110 valence electrons. The van der Waals surface area contributed by atoms with Gasteiger partial charge in [-0.15, -0.1) is 0 Å². The van der Waals surface area contributed by atoms with Gasteiger partial charge in [0.2, 0.25) is 6.41 Å². The van der Waals surface area contributed by atoms with E-state index in [1.54, 1.807) is 24.3 Å². The molecule has 0 saturated carbocycles. The smallest absolute Gasteiger partial charge is 0.334 e. The van der Waals surface area contributed by atoms with Crippen LogP contribution >= 0.6 is 0 Å². The molecule has 1 unspecified atom stereocenters. The van der Waals surface area contributed by atoms with Crippen LogP contribution in [0.1, 0.15) is 32.8 Å². The SMILES string of the molecule is CCCN(C=O)C(C)(C(=O)O)c1ccccc1OCC. The highest BCUT2D eigenvalue weighted by atomic mass is 16.5. The molecule has 0 fully saturated rings. The van der Waals surface area contributed by atoms with Gasteiger partial charge < -0.3 is 14.7 Å². The molecule has 0 aliphatic carbocycles. The van der Waals surface area contributed by atoms with Crippen LogP contribution in [0.4, 0.5) is 0 Å². The van der Waals surface area contributed by atoms with E-state index in [9.17, 15) is 14.7 Å². The van der Waals surface area contributed by atoms with Crippen molar-refractivity contribution in [2.75, 3.05) is 13.2 Å². The zero-order chi connectivity index (χ0) is 15.2. The van der Waals surface area contributed by atoms with Crippen LogP contribution in [0.2, 0.25) is 0 Å². The number of ether oxygens (including phenoxy) is 1. The molecular formula is C15H21NO4. The third-order valence-corrected chi connectivity index (χ3v) is 3.29. The van der Waals surface area contributed by atoms with Gasteiger partial charge in [-0.05, 0) is 26.3 Å². The third kappa shape index (κ3) is 2.92. The Hall–Kier alpha value is -2.04. The number of benzene rings is 1. The van der Waals surface area contributed by atoms with Gasteiger partial charge >= 0.3 is 5.97 Å². The lowest BCUT2D eigenvalue weighted by molar-refractivity contribution is -0.155. The molecular weight excluding hydrogens is 258 g/mol. The number of hydrogen-bond donors (Lipinski definition) is 1. The van der Waals surface area contributed by atoms with Gasteiger partial charge in [-0.25, -0.2) is 4.79 Å². The van der Waals surface area contributed by atoms with Crippen LogP contribution < -0.4 is 4.74 Å². The lowest BCUT2D eigenvalue weighted by Gasteiger charge is -2.36. The highest BCUT2D eigenvalue weighted by Gasteiger charge is 2.42. The van der Waals surface area contributed by atoms with Gasteiger partial charge in [-0.3, -0.25) is 4.79 Å². The van der Waals surface area contributed by atoms with Gasteiger partial charge in [0.25, 0.3) is 0 Å². The van der Waals surface area contributed by atoms with E-state index in [4.69, 9.17) is 4.74 Å². The number of carboxylic acid groups (broad SMARTS) is 1. The molecule has 0 spiro atoms. The average molecular weight is 279 g/mol. The van der Waals surface area contributed by atoms with Gasteiger partial charge in [0.1, 0.15) is 5.75 Å². The van der Waals surface area contributed by atoms with Gasteiger partial charge in [0, 0.05) is 12.1 Å². The lowest BCUT2D eigenvalue weighted by Crippen LogP contribution is -2.49. The van der Waals surface area contributed by atoms with Crippen molar-refractivity contribution in [3.8, 4) is 5.75 Å². The molecule has 5 heteroatoms. The molecule has 1 atom stereocenters. The van der Waals surface area contributed by atoms with Crippen LogP contribution in [-0.4, -0.2) is 35.5 Å². The van der Waals surface area contributed by atoms with Gasteiger partial charge in [0.15, 0.2) is 5.54 Å². The minimum absolute atomic E-state index is 0.368. The first-order valence-electron chi connectivity index (χ1n) is 6.70. The molecule has 20 heavy (non-hydrogen) atoms. The van der Waals surface area contributed by atoms with E-state index in [0.717, 1.165) is 0 Å². The zero-order valence-electron chi connectivity index (χ0n) is 12.1. The Morgan fingerprint density at radius 2 is 2.05 bits per heavy atom. The zero-order valence-corrected chi connectivity index (χ0v) is 12.1. The van der Waals surface area contributed by atoms with Crippen molar-refractivity contribution in [2.45, 2.75) is 32.7 Å². The molecule has 0 aliphatic rings. The number of carboxylic acids is 1. The largest absolute Gasteiger partial charge is 0.493 e. The second-order valence-electron chi connectivity index (χ2n) is 4.61. The van der Waals surface area contributed by atoms with Crippen LogP contribution in [0.5, 0.6) is 5.75 Å². The summed E-state index contributed by atoms with van der Waals surface area (Å²) in [4.78, 5) is 24.4. The Labute approximate surface area is 119 Å². The summed E-state index contributed by atoms with van der Waals surface area (Å²) in [7, 11) is 0. The van der Waals surface area contributed by atoms with Crippen LogP contribution in [0.3, 0.4) is 0 Å². The number of nitrogens with zero attached hydrogens (tertiary/aromatic N) is 1. The Kier molecular flexibility index (Phi) is 5.55. The lowest BCUT2D eigenvalue weighted by atomic mass is 9.89. The highest BCUT2D eigenvalue weighted by Crippen LogP contribution is 2.34. The molecule has 0 bridgehead atoms. The first-order valence-corrected chi connectivity index (χ1v) is 6.70. The van der Waals surface area contributed by atoms with Crippen LogP contribution in [0, 0.1) is 0 Å². The third-order valence-electron chi connectivity index (χ3n) is 3.29. The van der Waals surface area contributed by atoms with E-state index in [0.29, 0.717) is 37.3 Å². The molecule has 0 radical (unpaired) electrons. The number of aliphatic carboxylic acids is 1. The monoisotopic (exact) mass is 279 g/mol. The quantitative estimate of drug-likeness (QED) is 0.741. The highest BCUT2D eigenvalue weighted by molar-refractivity contribution is 5.84. The van der Waals surface area contributed by atoms with E-state index >= 15 is 0 Å². The standard InChI is InChI=1S/C15H21NO4/c1-4-10-16(11-17)15(3,14(18)19)12-8-6-7-9-13(12)20-5-2/h6-9,11H,4-5,10H2,1-3H3,(H,18,19). The van der Waals surface area contributed by atoms with Crippen molar-refractivity contribution in [1.29, 1.82) is 0 Å². The van der Waals surface area contributed by atoms with E-state index < -0.39 is 11.5 Å². The summed E-state index contributed by atoms with van der Waals surface area (Å²) in [5, 5.41) is 9.65. The summed E-state index contributed by atoms with van der Waals surface area (Å²) in [6.45, 7) is 6.05. The van der Waals surface area contributed by atoms with Crippen molar-refractivity contribution in [3.63, 3.8) is 0 Å². The van der Waals surface area contributed by atoms with E-state index in [1.165, 1.54) is 11.8 Å². The van der Waals surface area contributed by atoms with Crippen LogP contribution in [-0.2, 0) is 15.1 Å². The molecule has 1 aromatic carbocycles. The number of carbonyl (C=O) groups is 2. The number of carbonyl (C=O) groups excluding carboxylic acids is 1. The number of amides is 1. The maximum Gasteiger partial charge on any atom is 0.334 e. The van der Waals surface area contributed by atoms with E-state index in [2.05, 4.69) is 0 Å². The molecule has 0 aromatic heterocycles.